The van der Waals surface area contributed by atoms with Gasteiger partial charge >= 0.3 is 0 Å². The largest absolute Gasteiger partial charge is 0.392 e. The molecule has 1 aliphatic rings. The zero-order chi connectivity index (χ0) is 15.0. The maximum atomic E-state index is 10.0. The van der Waals surface area contributed by atoms with E-state index in [2.05, 4.69) is 17.9 Å². The summed E-state index contributed by atoms with van der Waals surface area (Å²) in [4.78, 5) is 6.96. The number of halogens is 1. The zero-order valence-corrected chi connectivity index (χ0v) is 13.3. The number of para-hydroxylation sites is 1. The maximum absolute atomic E-state index is 10.0. The molecule has 0 amide bonds. The van der Waals surface area contributed by atoms with Gasteiger partial charge in [-0.15, -0.1) is 0 Å². The van der Waals surface area contributed by atoms with Crippen molar-refractivity contribution in [1.29, 1.82) is 0 Å². The molecule has 0 radical (unpaired) electrons. The number of aliphatic hydroxyl groups excluding tert-OH is 1. The van der Waals surface area contributed by atoms with Crippen LogP contribution in [0.1, 0.15) is 24.6 Å². The van der Waals surface area contributed by atoms with E-state index in [9.17, 15) is 5.11 Å². The van der Waals surface area contributed by atoms with Crippen molar-refractivity contribution in [1.82, 2.24) is 9.88 Å². The summed E-state index contributed by atoms with van der Waals surface area (Å²) >= 11 is 6.50. The number of aromatic nitrogens is 1. The molecule has 1 aromatic carbocycles. The second-order valence-corrected chi connectivity index (χ2v) is 6.46. The van der Waals surface area contributed by atoms with E-state index in [1.54, 1.807) is 0 Å². The zero-order valence-electron chi connectivity index (χ0n) is 12.5. The van der Waals surface area contributed by atoms with E-state index >= 15 is 0 Å². The Hall–Kier alpha value is -1.16. The molecule has 1 fully saturated rings. The highest BCUT2D eigenvalue weighted by Crippen LogP contribution is 2.28. The second-order valence-electron chi connectivity index (χ2n) is 6.08. The minimum atomic E-state index is -0.251. The van der Waals surface area contributed by atoms with E-state index < -0.39 is 0 Å². The lowest BCUT2D eigenvalue weighted by Gasteiger charge is -2.34. The molecule has 112 valence electrons. The van der Waals surface area contributed by atoms with Crippen LogP contribution in [0.3, 0.4) is 0 Å². The van der Waals surface area contributed by atoms with Gasteiger partial charge in [-0.1, -0.05) is 36.7 Å². The van der Waals surface area contributed by atoms with Crippen LogP contribution in [0, 0.1) is 12.8 Å². The highest BCUT2D eigenvalue weighted by Gasteiger charge is 2.25. The summed E-state index contributed by atoms with van der Waals surface area (Å²) in [5.74, 6) is 0.378. The standard InChI is InChI=1S/C17H21ClN2O/c1-11-7-8-20(10-16(11)21)9-15-17(18)12(2)13-5-3-4-6-14(13)19-15/h3-6,11,16,21H,7-10H2,1-2H3. The number of likely N-dealkylation sites (tertiary alicyclic amines) is 1. The molecule has 21 heavy (non-hydrogen) atoms. The van der Waals surface area contributed by atoms with Gasteiger partial charge in [0.15, 0.2) is 0 Å². The van der Waals surface area contributed by atoms with Gasteiger partial charge in [-0.05, 0) is 37.4 Å². The molecule has 1 N–H and O–H groups in total. The first-order valence-corrected chi connectivity index (χ1v) is 7.88. The lowest BCUT2D eigenvalue weighted by Crippen LogP contribution is -2.42. The van der Waals surface area contributed by atoms with Crippen molar-refractivity contribution in [3.8, 4) is 0 Å². The number of hydrogen-bond donors (Lipinski definition) is 1. The average molecular weight is 305 g/mol. The summed E-state index contributed by atoms with van der Waals surface area (Å²) < 4.78 is 0. The summed E-state index contributed by atoms with van der Waals surface area (Å²) in [5, 5.41) is 11.9. The number of nitrogens with zero attached hydrogens (tertiary/aromatic N) is 2. The lowest BCUT2D eigenvalue weighted by atomic mass is 9.96. The molecule has 1 aliphatic heterocycles. The van der Waals surface area contributed by atoms with Gasteiger partial charge in [0.05, 0.1) is 22.3 Å². The number of aliphatic hydroxyl groups is 1. The number of fused-ring (bicyclic) bond motifs is 1. The van der Waals surface area contributed by atoms with Crippen LogP contribution in [0.25, 0.3) is 10.9 Å². The molecule has 0 saturated carbocycles. The highest BCUT2D eigenvalue weighted by molar-refractivity contribution is 6.32. The Morgan fingerprint density at radius 3 is 2.90 bits per heavy atom. The van der Waals surface area contributed by atoms with Crippen LogP contribution < -0.4 is 0 Å². The minimum Gasteiger partial charge on any atom is -0.392 e. The molecule has 3 nitrogen and oxygen atoms in total. The summed E-state index contributed by atoms with van der Waals surface area (Å²) in [6.07, 6.45) is 0.768. The summed E-state index contributed by atoms with van der Waals surface area (Å²) in [7, 11) is 0. The molecular formula is C17H21ClN2O. The van der Waals surface area contributed by atoms with Crippen molar-refractivity contribution in [2.45, 2.75) is 32.9 Å². The van der Waals surface area contributed by atoms with Crippen LogP contribution in [0.2, 0.25) is 5.02 Å². The van der Waals surface area contributed by atoms with Crippen molar-refractivity contribution < 1.29 is 5.11 Å². The Morgan fingerprint density at radius 2 is 2.14 bits per heavy atom. The minimum absolute atomic E-state index is 0.251. The SMILES string of the molecule is Cc1c(Cl)c(CN2CCC(C)C(O)C2)nc2ccccc12. The topological polar surface area (TPSA) is 36.4 Å². The van der Waals surface area contributed by atoms with E-state index in [1.165, 1.54) is 0 Å². The lowest BCUT2D eigenvalue weighted by molar-refractivity contribution is 0.0255. The Kier molecular flexibility index (Phi) is 4.16. The number of pyridine rings is 1. The predicted molar refractivity (Wildman–Crippen MR) is 86.6 cm³/mol. The fourth-order valence-electron chi connectivity index (χ4n) is 2.99. The van der Waals surface area contributed by atoms with Gasteiger partial charge in [0.1, 0.15) is 0 Å². The molecular weight excluding hydrogens is 284 g/mol. The smallest absolute Gasteiger partial charge is 0.0740 e. The molecule has 2 unspecified atom stereocenters. The summed E-state index contributed by atoms with van der Waals surface area (Å²) in [6.45, 7) is 6.54. The third-order valence-corrected chi connectivity index (χ3v) is 5.02. The Labute approximate surface area is 130 Å². The van der Waals surface area contributed by atoms with E-state index in [-0.39, 0.29) is 6.10 Å². The fourth-order valence-corrected chi connectivity index (χ4v) is 3.20. The second kappa shape index (κ2) is 5.91. The summed E-state index contributed by atoms with van der Waals surface area (Å²) in [5.41, 5.74) is 2.98. The van der Waals surface area contributed by atoms with E-state index in [0.717, 1.165) is 40.1 Å². The van der Waals surface area contributed by atoms with Gasteiger partial charge in [0.2, 0.25) is 0 Å². The third-order valence-electron chi connectivity index (χ3n) is 4.52. The number of rotatable bonds is 2. The Morgan fingerprint density at radius 1 is 1.38 bits per heavy atom. The number of benzene rings is 1. The van der Waals surface area contributed by atoms with Crippen LogP contribution in [0.4, 0.5) is 0 Å². The number of hydrogen-bond acceptors (Lipinski definition) is 3. The number of β-amino-alcohol motifs (C(OH)–C–C–N with tert-alkyl or cyclic N) is 1. The van der Waals surface area contributed by atoms with Crippen LogP contribution in [-0.2, 0) is 6.54 Å². The first-order chi connectivity index (χ1) is 10.1. The van der Waals surface area contributed by atoms with Gasteiger partial charge in [0, 0.05) is 18.5 Å². The van der Waals surface area contributed by atoms with Gasteiger partial charge in [-0.25, -0.2) is 4.98 Å². The average Bonchev–Trinajstić information content (AvgIpc) is 2.48. The van der Waals surface area contributed by atoms with Gasteiger partial charge in [0.25, 0.3) is 0 Å². The molecule has 0 aliphatic carbocycles. The van der Waals surface area contributed by atoms with Gasteiger partial charge in [-0.2, -0.15) is 0 Å². The first kappa shape index (κ1) is 14.8. The van der Waals surface area contributed by atoms with Crippen molar-refractivity contribution in [3.63, 3.8) is 0 Å². The molecule has 2 aromatic rings. The maximum Gasteiger partial charge on any atom is 0.0740 e. The molecule has 4 heteroatoms. The van der Waals surface area contributed by atoms with Crippen LogP contribution in [0.15, 0.2) is 24.3 Å². The normalized spacial score (nSPS) is 23.6. The molecule has 3 rings (SSSR count). The van der Waals surface area contributed by atoms with E-state index in [4.69, 9.17) is 16.6 Å². The Balaban J connectivity index is 1.89. The van der Waals surface area contributed by atoms with Crippen molar-refractivity contribution >= 4 is 22.5 Å². The van der Waals surface area contributed by atoms with E-state index in [1.807, 2.05) is 25.1 Å². The van der Waals surface area contributed by atoms with Crippen LogP contribution in [0.5, 0.6) is 0 Å². The molecule has 2 heterocycles. The molecule has 2 atom stereocenters. The van der Waals surface area contributed by atoms with Crippen molar-refractivity contribution in [2.75, 3.05) is 13.1 Å². The molecule has 1 aromatic heterocycles. The summed E-state index contributed by atoms with van der Waals surface area (Å²) in [6, 6.07) is 8.09. The number of aryl methyl sites for hydroxylation is 1. The first-order valence-electron chi connectivity index (χ1n) is 7.50. The van der Waals surface area contributed by atoms with Crippen molar-refractivity contribution in [3.05, 3.63) is 40.5 Å². The van der Waals surface area contributed by atoms with Gasteiger partial charge < -0.3 is 5.11 Å². The highest BCUT2D eigenvalue weighted by atomic mass is 35.5. The van der Waals surface area contributed by atoms with E-state index in [0.29, 0.717) is 19.0 Å². The predicted octanol–water partition coefficient (Wildman–Crippen LogP) is 3.40. The quantitative estimate of drug-likeness (QED) is 0.924. The fraction of sp³-hybridized carbons (Fsp3) is 0.471. The Bertz CT molecular complexity index is 659. The van der Waals surface area contributed by atoms with Crippen LogP contribution in [-0.4, -0.2) is 34.2 Å². The van der Waals surface area contributed by atoms with Gasteiger partial charge in [-0.3, -0.25) is 4.90 Å². The molecule has 0 bridgehead atoms. The van der Waals surface area contributed by atoms with Crippen molar-refractivity contribution in [2.24, 2.45) is 5.92 Å². The molecule has 0 spiro atoms. The third kappa shape index (κ3) is 2.91. The molecule has 1 saturated heterocycles. The number of piperidine rings is 1. The van der Waals surface area contributed by atoms with Crippen LogP contribution >= 0.6 is 11.6 Å². The monoisotopic (exact) mass is 304 g/mol.